The Morgan fingerprint density at radius 3 is 2.48 bits per heavy atom. The molecule has 0 saturated heterocycles. The molecular formula is C19H19FN2O. The third kappa shape index (κ3) is 2.84. The molecule has 0 atom stereocenters. The number of hydrogen-bond donors (Lipinski definition) is 2. The van der Waals surface area contributed by atoms with Gasteiger partial charge in [0.15, 0.2) is 0 Å². The second-order valence-electron chi connectivity index (χ2n) is 5.50. The number of aryl methyl sites for hydroxylation is 2. The van der Waals surface area contributed by atoms with E-state index in [9.17, 15) is 9.18 Å². The molecule has 2 N–H and O–H groups in total. The Morgan fingerprint density at radius 1 is 1.13 bits per heavy atom. The molecule has 0 aliphatic rings. The lowest BCUT2D eigenvalue weighted by Crippen LogP contribution is -2.14. The van der Waals surface area contributed by atoms with E-state index in [4.69, 9.17) is 0 Å². The lowest BCUT2D eigenvalue weighted by atomic mass is 10.0. The zero-order chi connectivity index (χ0) is 16.4. The summed E-state index contributed by atoms with van der Waals surface area (Å²) in [6.45, 7) is 4.12. The van der Waals surface area contributed by atoms with Crippen molar-refractivity contribution in [3.05, 3.63) is 65.1 Å². The molecule has 0 spiro atoms. The Kier molecular flexibility index (Phi) is 4.15. The van der Waals surface area contributed by atoms with Gasteiger partial charge in [-0.1, -0.05) is 32.0 Å². The molecule has 0 unspecified atom stereocenters. The number of aromatic nitrogens is 1. The van der Waals surface area contributed by atoms with Crippen molar-refractivity contribution < 1.29 is 9.18 Å². The minimum atomic E-state index is -0.352. The summed E-state index contributed by atoms with van der Waals surface area (Å²) in [6.07, 6.45) is 3.30. The van der Waals surface area contributed by atoms with Crippen molar-refractivity contribution >= 4 is 22.5 Å². The van der Waals surface area contributed by atoms with Crippen LogP contribution >= 0.6 is 0 Å². The van der Waals surface area contributed by atoms with Crippen LogP contribution in [0, 0.1) is 5.82 Å². The zero-order valence-electron chi connectivity index (χ0n) is 13.2. The quantitative estimate of drug-likeness (QED) is 0.722. The molecule has 1 aromatic heterocycles. The minimum Gasteiger partial charge on any atom is -0.360 e. The maximum absolute atomic E-state index is 13.5. The number of rotatable bonds is 4. The lowest BCUT2D eigenvalue weighted by molar-refractivity contribution is 0.102. The Balaban J connectivity index is 2.00. The molecule has 0 fully saturated rings. The average Bonchev–Trinajstić information content (AvgIpc) is 2.98. The van der Waals surface area contributed by atoms with Crippen LogP contribution in [0.5, 0.6) is 0 Å². The molecule has 0 aliphatic heterocycles. The normalized spacial score (nSPS) is 10.9. The fraction of sp³-hybridized carbons (Fsp3) is 0.211. The third-order valence-electron chi connectivity index (χ3n) is 4.13. The summed E-state index contributed by atoms with van der Waals surface area (Å²) >= 11 is 0. The molecule has 0 aliphatic carbocycles. The van der Waals surface area contributed by atoms with Crippen molar-refractivity contribution in [1.82, 2.24) is 4.98 Å². The van der Waals surface area contributed by atoms with Gasteiger partial charge in [0.2, 0.25) is 0 Å². The van der Waals surface area contributed by atoms with Crippen LogP contribution in [0.3, 0.4) is 0 Å². The van der Waals surface area contributed by atoms with Gasteiger partial charge < -0.3 is 10.3 Å². The van der Waals surface area contributed by atoms with Crippen LogP contribution in [0.1, 0.15) is 35.3 Å². The number of halogens is 1. The molecule has 2 aromatic carbocycles. The van der Waals surface area contributed by atoms with Gasteiger partial charge in [-0.15, -0.1) is 0 Å². The van der Waals surface area contributed by atoms with Crippen molar-refractivity contribution in [2.24, 2.45) is 0 Å². The van der Waals surface area contributed by atoms with Gasteiger partial charge in [-0.3, -0.25) is 4.79 Å². The molecule has 3 aromatic rings. The topological polar surface area (TPSA) is 44.9 Å². The van der Waals surface area contributed by atoms with Crippen LogP contribution in [0.15, 0.2) is 42.6 Å². The summed E-state index contributed by atoms with van der Waals surface area (Å²) in [5.41, 5.74) is 4.27. The van der Waals surface area contributed by atoms with Crippen molar-refractivity contribution in [3.63, 3.8) is 0 Å². The first-order chi connectivity index (χ1) is 11.1. The predicted molar refractivity (Wildman–Crippen MR) is 91.4 cm³/mol. The molecule has 1 heterocycles. The molecule has 0 saturated carbocycles. The second kappa shape index (κ2) is 6.24. The number of fused-ring (bicyclic) bond motifs is 1. The molecule has 118 valence electrons. The summed E-state index contributed by atoms with van der Waals surface area (Å²) < 4.78 is 13.5. The van der Waals surface area contributed by atoms with E-state index in [2.05, 4.69) is 24.1 Å². The van der Waals surface area contributed by atoms with E-state index in [-0.39, 0.29) is 11.7 Å². The standard InChI is InChI=1S/C19H19FN2O/c1-3-12-6-5-7-13(4-2)18(12)22-19(23)16-11-21-17-9-8-14(20)10-15(16)17/h5-11,21H,3-4H2,1-2H3,(H,22,23). The summed E-state index contributed by atoms with van der Waals surface area (Å²) in [7, 11) is 0. The highest BCUT2D eigenvalue weighted by Gasteiger charge is 2.15. The number of carbonyl (C=O) groups is 1. The Labute approximate surface area is 134 Å². The minimum absolute atomic E-state index is 0.225. The number of anilines is 1. The van der Waals surface area contributed by atoms with E-state index in [1.807, 2.05) is 18.2 Å². The van der Waals surface area contributed by atoms with Crippen LogP contribution < -0.4 is 5.32 Å². The van der Waals surface area contributed by atoms with E-state index >= 15 is 0 Å². The second-order valence-corrected chi connectivity index (χ2v) is 5.50. The number of para-hydroxylation sites is 1. The Bertz CT molecular complexity index is 845. The molecule has 4 heteroatoms. The van der Waals surface area contributed by atoms with Crippen LogP contribution in [0.4, 0.5) is 10.1 Å². The average molecular weight is 310 g/mol. The molecule has 3 rings (SSSR count). The van der Waals surface area contributed by atoms with E-state index in [0.29, 0.717) is 10.9 Å². The van der Waals surface area contributed by atoms with Crippen molar-refractivity contribution in [2.45, 2.75) is 26.7 Å². The summed E-state index contributed by atoms with van der Waals surface area (Å²) in [5, 5.41) is 3.61. The lowest BCUT2D eigenvalue weighted by Gasteiger charge is -2.14. The SMILES string of the molecule is CCc1cccc(CC)c1NC(=O)c1c[nH]c2ccc(F)cc12. The number of aromatic amines is 1. The number of nitrogens with one attached hydrogen (secondary N) is 2. The van der Waals surface area contributed by atoms with Gasteiger partial charge in [0.25, 0.3) is 5.91 Å². The maximum Gasteiger partial charge on any atom is 0.257 e. The molecule has 1 amide bonds. The van der Waals surface area contributed by atoms with Gasteiger partial charge in [-0.25, -0.2) is 4.39 Å². The van der Waals surface area contributed by atoms with E-state index < -0.39 is 0 Å². The van der Waals surface area contributed by atoms with Crippen molar-refractivity contribution in [3.8, 4) is 0 Å². The predicted octanol–water partition coefficient (Wildman–Crippen LogP) is 4.68. The van der Waals surface area contributed by atoms with Crippen molar-refractivity contribution in [2.75, 3.05) is 5.32 Å². The third-order valence-corrected chi connectivity index (χ3v) is 4.13. The van der Waals surface area contributed by atoms with Crippen LogP contribution in [-0.2, 0) is 12.8 Å². The van der Waals surface area contributed by atoms with Gasteiger partial charge in [0.1, 0.15) is 5.82 Å². The summed E-state index contributed by atoms with van der Waals surface area (Å²) in [5.74, 6) is -0.577. The summed E-state index contributed by atoms with van der Waals surface area (Å²) in [4.78, 5) is 15.7. The number of hydrogen-bond acceptors (Lipinski definition) is 1. The van der Waals surface area contributed by atoms with E-state index in [1.165, 1.54) is 12.1 Å². The molecule has 23 heavy (non-hydrogen) atoms. The van der Waals surface area contributed by atoms with Crippen LogP contribution in [-0.4, -0.2) is 10.9 Å². The number of benzene rings is 2. The number of H-pyrrole nitrogens is 1. The van der Waals surface area contributed by atoms with Crippen molar-refractivity contribution in [1.29, 1.82) is 0 Å². The highest BCUT2D eigenvalue weighted by atomic mass is 19.1. The molecule has 3 nitrogen and oxygen atoms in total. The molecular weight excluding hydrogens is 291 g/mol. The van der Waals surface area contributed by atoms with Crippen LogP contribution in [0.2, 0.25) is 0 Å². The van der Waals surface area contributed by atoms with Gasteiger partial charge in [-0.05, 0) is 42.2 Å². The van der Waals surface area contributed by atoms with Gasteiger partial charge in [-0.2, -0.15) is 0 Å². The summed E-state index contributed by atoms with van der Waals surface area (Å²) in [6, 6.07) is 10.4. The van der Waals surface area contributed by atoms with E-state index in [1.54, 1.807) is 12.3 Å². The Morgan fingerprint density at radius 2 is 1.83 bits per heavy atom. The zero-order valence-corrected chi connectivity index (χ0v) is 13.2. The van der Waals surface area contributed by atoms with Gasteiger partial charge in [0.05, 0.1) is 5.56 Å². The Hall–Kier alpha value is -2.62. The van der Waals surface area contributed by atoms with E-state index in [0.717, 1.165) is 35.2 Å². The monoisotopic (exact) mass is 310 g/mol. The highest BCUT2D eigenvalue weighted by Crippen LogP contribution is 2.25. The van der Waals surface area contributed by atoms with Gasteiger partial charge >= 0.3 is 0 Å². The number of amides is 1. The smallest absolute Gasteiger partial charge is 0.257 e. The highest BCUT2D eigenvalue weighted by molar-refractivity contribution is 6.13. The molecule has 0 bridgehead atoms. The fourth-order valence-electron chi connectivity index (χ4n) is 2.86. The largest absolute Gasteiger partial charge is 0.360 e. The maximum atomic E-state index is 13.5. The fourth-order valence-corrected chi connectivity index (χ4v) is 2.86. The number of carbonyl (C=O) groups excluding carboxylic acids is 1. The first-order valence-corrected chi connectivity index (χ1v) is 7.82. The first kappa shape index (κ1) is 15.3. The van der Waals surface area contributed by atoms with Gasteiger partial charge in [0, 0.05) is 22.8 Å². The molecule has 0 radical (unpaired) electrons. The van der Waals surface area contributed by atoms with Crippen LogP contribution in [0.25, 0.3) is 10.9 Å². The first-order valence-electron chi connectivity index (χ1n) is 7.82.